The molecule has 17 heavy (non-hydrogen) atoms. The van der Waals surface area contributed by atoms with Crippen molar-refractivity contribution in [3.05, 3.63) is 36.0 Å². The van der Waals surface area contributed by atoms with Crippen molar-refractivity contribution in [3.63, 3.8) is 0 Å². The Balaban J connectivity index is 2.42. The van der Waals surface area contributed by atoms with E-state index in [0.29, 0.717) is 17.7 Å². The summed E-state index contributed by atoms with van der Waals surface area (Å²) < 4.78 is 0. The monoisotopic (exact) mass is 228 g/mol. The van der Waals surface area contributed by atoms with Crippen LogP contribution < -0.4 is 5.32 Å². The van der Waals surface area contributed by atoms with E-state index in [4.69, 9.17) is 0 Å². The highest BCUT2D eigenvalue weighted by molar-refractivity contribution is 6.23. The van der Waals surface area contributed by atoms with Crippen molar-refractivity contribution in [1.82, 2.24) is 10.3 Å². The van der Waals surface area contributed by atoms with Crippen LogP contribution in [-0.4, -0.2) is 22.5 Å². The summed E-state index contributed by atoms with van der Waals surface area (Å²) in [6.07, 6.45) is 2.66. The van der Waals surface area contributed by atoms with Crippen LogP contribution in [0.5, 0.6) is 5.75 Å². The number of carbonyl (C=O) groups excluding carboxylic acids is 1. The van der Waals surface area contributed by atoms with Crippen LogP contribution in [0.25, 0.3) is 16.5 Å². The first kappa shape index (κ1) is 9.96. The predicted octanol–water partition coefficient (Wildman–Crippen LogP) is 1.56. The van der Waals surface area contributed by atoms with Crippen molar-refractivity contribution >= 4 is 22.4 Å². The first-order valence-electron chi connectivity index (χ1n) is 5.48. The lowest BCUT2D eigenvalue weighted by Gasteiger charge is -2.15. The molecule has 0 radical (unpaired) electrons. The smallest absolute Gasteiger partial charge is 0.251 e. The minimum atomic E-state index is -0.223. The van der Waals surface area contributed by atoms with E-state index >= 15 is 0 Å². The number of aromatic hydroxyl groups is 1. The first-order chi connectivity index (χ1) is 8.18. The van der Waals surface area contributed by atoms with Gasteiger partial charge >= 0.3 is 0 Å². The van der Waals surface area contributed by atoms with Gasteiger partial charge < -0.3 is 15.4 Å². The van der Waals surface area contributed by atoms with Gasteiger partial charge in [-0.05, 0) is 24.1 Å². The van der Waals surface area contributed by atoms with E-state index in [0.717, 1.165) is 22.9 Å². The summed E-state index contributed by atoms with van der Waals surface area (Å²) in [6.45, 7) is 4.36. The van der Waals surface area contributed by atoms with Crippen LogP contribution in [0.2, 0.25) is 0 Å². The van der Waals surface area contributed by atoms with Crippen LogP contribution in [0.4, 0.5) is 0 Å². The van der Waals surface area contributed by atoms with E-state index in [1.165, 1.54) is 0 Å². The number of benzene rings is 1. The number of aromatic amines is 1. The van der Waals surface area contributed by atoms with Crippen LogP contribution in [0.1, 0.15) is 11.1 Å². The summed E-state index contributed by atoms with van der Waals surface area (Å²) in [5, 5.41) is 13.6. The predicted molar refractivity (Wildman–Crippen MR) is 65.7 cm³/mol. The molecular formula is C13H12N2O2. The summed E-state index contributed by atoms with van der Waals surface area (Å²) >= 11 is 0. The van der Waals surface area contributed by atoms with Gasteiger partial charge in [0.2, 0.25) is 0 Å². The third kappa shape index (κ3) is 1.34. The number of hydrogen-bond acceptors (Lipinski definition) is 2. The molecule has 2 aromatic rings. The lowest BCUT2D eigenvalue weighted by Crippen LogP contribution is -2.27. The van der Waals surface area contributed by atoms with Gasteiger partial charge in [-0.2, -0.15) is 0 Å². The third-order valence-electron chi connectivity index (χ3n) is 3.16. The van der Waals surface area contributed by atoms with E-state index in [1.807, 2.05) is 12.3 Å². The van der Waals surface area contributed by atoms with Crippen molar-refractivity contribution in [2.45, 2.75) is 6.42 Å². The Bertz CT molecular complexity index is 640. The highest BCUT2D eigenvalue weighted by Gasteiger charge is 2.21. The number of aromatic nitrogens is 1. The van der Waals surface area contributed by atoms with E-state index in [1.54, 1.807) is 6.07 Å². The standard InChI is InChI=1S/C13H12N2O2/c1-7-11-10(16)3-2-9-12(11)8(6-15-9)4-5-14-13(7)17/h2-3,6,15-16H,1,4-5H2,(H,14,17). The maximum absolute atomic E-state index is 11.8. The first-order valence-corrected chi connectivity index (χ1v) is 5.48. The fraction of sp³-hybridized carbons (Fsp3) is 0.154. The third-order valence-corrected chi connectivity index (χ3v) is 3.16. The summed E-state index contributed by atoms with van der Waals surface area (Å²) in [6, 6.07) is 3.39. The molecule has 86 valence electrons. The molecule has 0 saturated heterocycles. The second-order valence-corrected chi connectivity index (χ2v) is 4.18. The van der Waals surface area contributed by atoms with Gasteiger partial charge in [-0.25, -0.2) is 0 Å². The van der Waals surface area contributed by atoms with Gasteiger partial charge in [-0.3, -0.25) is 4.79 Å². The van der Waals surface area contributed by atoms with Gasteiger partial charge in [0.1, 0.15) is 5.75 Å². The average Bonchev–Trinajstić information content (AvgIpc) is 2.70. The number of amides is 1. The highest BCUT2D eigenvalue weighted by atomic mass is 16.3. The summed E-state index contributed by atoms with van der Waals surface area (Å²) in [5.74, 6) is -0.125. The van der Waals surface area contributed by atoms with Gasteiger partial charge in [0.25, 0.3) is 5.91 Å². The molecule has 0 fully saturated rings. The van der Waals surface area contributed by atoms with E-state index in [9.17, 15) is 9.90 Å². The van der Waals surface area contributed by atoms with E-state index in [-0.39, 0.29) is 11.7 Å². The van der Waals surface area contributed by atoms with Gasteiger partial charge in [0.15, 0.2) is 0 Å². The molecule has 0 spiro atoms. The maximum atomic E-state index is 11.8. The number of phenols is 1. The fourth-order valence-corrected chi connectivity index (χ4v) is 2.32. The largest absolute Gasteiger partial charge is 0.507 e. The zero-order chi connectivity index (χ0) is 12.0. The minimum absolute atomic E-state index is 0.0976. The molecule has 0 atom stereocenters. The summed E-state index contributed by atoms with van der Waals surface area (Å²) in [4.78, 5) is 14.9. The number of phenolic OH excluding ortho intramolecular Hbond substituents is 1. The lowest BCUT2D eigenvalue weighted by atomic mass is 9.96. The van der Waals surface area contributed by atoms with Crippen LogP contribution in [0.15, 0.2) is 24.9 Å². The normalized spacial score (nSPS) is 15.5. The Morgan fingerprint density at radius 1 is 1.35 bits per heavy atom. The van der Waals surface area contributed by atoms with Crippen LogP contribution in [0, 0.1) is 0 Å². The van der Waals surface area contributed by atoms with Crippen molar-refractivity contribution in [2.75, 3.05) is 6.54 Å². The second-order valence-electron chi connectivity index (χ2n) is 4.18. The zero-order valence-electron chi connectivity index (χ0n) is 9.21. The summed E-state index contributed by atoms with van der Waals surface area (Å²) in [7, 11) is 0. The van der Waals surface area contributed by atoms with E-state index in [2.05, 4.69) is 16.9 Å². The number of hydrogen-bond donors (Lipinski definition) is 3. The molecule has 1 aromatic heterocycles. The van der Waals surface area contributed by atoms with Crippen molar-refractivity contribution in [2.24, 2.45) is 0 Å². The molecule has 4 heteroatoms. The zero-order valence-corrected chi connectivity index (χ0v) is 9.21. The van der Waals surface area contributed by atoms with E-state index < -0.39 is 0 Å². The number of nitrogens with one attached hydrogen (secondary N) is 2. The maximum Gasteiger partial charge on any atom is 0.251 e. The van der Waals surface area contributed by atoms with Gasteiger partial charge in [0, 0.05) is 34.8 Å². The van der Waals surface area contributed by atoms with Gasteiger partial charge in [0.05, 0.1) is 0 Å². The Hall–Kier alpha value is -2.23. The Labute approximate surface area is 98.0 Å². The number of carbonyl (C=O) groups is 1. The van der Waals surface area contributed by atoms with Crippen LogP contribution in [0.3, 0.4) is 0 Å². The topological polar surface area (TPSA) is 65.1 Å². The molecule has 4 nitrogen and oxygen atoms in total. The number of rotatable bonds is 0. The second kappa shape index (κ2) is 3.38. The quantitative estimate of drug-likeness (QED) is 0.599. The van der Waals surface area contributed by atoms with Gasteiger partial charge in [-0.1, -0.05) is 6.58 Å². The summed E-state index contributed by atoms with van der Waals surface area (Å²) in [5.41, 5.74) is 2.86. The van der Waals surface area contributed by atoms with Crippen LogP contribution >= 0.6 is 0 Å². The molecule has 0 unspecified atom stereocenters. The Kier molecular flexibility index (Phi) is 1.98. The number of H-pyrrole nitrogens is 1. The molecule has 3 rings (SSSR count). The Morgan fingerprint density at radius 2 is 2.18 bits per heavy atom. The SMILES string of the molecule is C=C1C(=O)NCCc2c[nH]c3ccc(O)c1c23. The molecule has 2 heterocycles. The molecule has 3 N–H and O–H groups in total. The molecule has 1 aliphatic heterocycles. The fourth-order valence-electron chi connectivity index (χ4n) is 2.32. The molecule has 0 saturated carbocycles. The molecule has 1 aromatic carbocycles. The molecule has 0 bridgehead atoms. The minimum Gasteiger partial charge on any atom is -0.507 e. The highest BCUT2D eigenvalue weighted by Crippen LogP contribution is 2.35. The van der Waals surface area contributed by atoms with Crippen molar-refractivity contribution < 1.29 is 9.90 Å². The Morgan fingerprint density at radius 3 is 3.00 bits per heavy atom. The average molecular weight is 228 g/mol. The molecule has 0 aliphatic carbocycles. The van der Waals surface area contributed by atoms with Gasteiger partial charge in [-0.15, -0.1) is 0 Å². The van der Waals surface area contributed by atoms with Crippen molar-refractivity contribution in [1.29, 1.82) is 0 Å². The molecule has 1 amide bonds. The molecular weight excluding hydrogens is 216 g/mol. The van der Waals surface area contributed by atoms with Crippen molar-refractivity contribution in [3.8, 4) is 5.75 Å². The van der Waals surface area contributed by atoms with Crippen LogP contribution in [-0.2, 0) is 11.2 Å². The lowest BCUT2D eigenvalue weighted by molar-refractivity contribution is -0.115. The molecule has 1 aliphatic rings.